The van der Waals surface area contributed by atoms with Gasteiger partial charge < -0.3 is 15.3 Å². The summed E-state index contributed by atoms with van der Waals surface area (Å²) in [6, 6.07) is 0. The van der Waals surface area contributed by atoms with E-state index in [1.165, 1.54) is 12.8 Å². The Morgan fingerprint density at radius 3 is 1.56 bits per heavy atom. The Bertz CT molecular complexity index is 23.8. The van der Waals surface area contributed by atoms with Gasteiger partial charge >= 0.3 is 29.6 Å². The van der Waals surface area contributed by atoms with Gasteiger partial charge in [0.1, 0.15) is 0 Å². The van der Waals surface area contributed by atoms with Gasteiger partial charge in [-0.25, -0.2) is 0 Å². The van der Waals surface area contributed by atoms with Crippen molar-refractivity contribution in [2.24, 2.45) is 0 Å². The first-order valence-corrected chi connectivity index (χ1v) is 2.52. The fourth-order valence-corrected chi connectivity index (χ4v) is 0.510. The standard InChI is InChI=1S/C4H8O.CH4O.Na.H2O/c1-2-4-5-3-1;1-2;;/h1-4H2;2H,1H3;;1H2/q;;+1;/p-1. The van der Waals surface area contributed by atoms with E-state index in [1.54, 1.807) is 0 Å². The van der Waals surface area contributed by atoms with Crippen LogP contribution in [0.15, 0.2) is 0 Å². The molecule has 0 aromatic carbocycles. The molecule has 3 nitrogen and oxygen atoms in total. The number of ether oxygens (including phenoxy) is 1. The quantitative estimate of drug-likeness (QED) is 0.374. The number of aliphatic hydroxyl groups is 1. The maximum atomic E-state index is 7.00. The Morgan fingerprint density at radius 1 is 1.11 bits per heavy atom. The Labute approximate surface area is 78.0 Å². The van der Waals surface area contributed by atoms with Crippen LogP contribution in [0.3, 0.4) is 0 Å². The predicted molar refractivity (Wildman–Crippen MR) is 30.1 cm³/mol. The minimum atomic E-state index is 0. The van der Waals surface area contributed by atoms with Crippen molar-refractivity contribution in [2.45, 2.75) is 12.8 Å². The summed E-state index contributed by atoms with van der Waals surface area (Å²) in [4.78, 5) is 0. The molecular formula is C5H13NaO3. The maximum Gasteiger partial charge on any atom is 1.00 e. The first-order valence-electron chi connectivity index (χ1n) is 2.52. The third-order valence-electron chi connectivity index (χ3n) is 0.827. The van der Waals surface area contributed by atoms with Crippen LogP contribution < -0.4 is 29.6 Å². The van der Waals surface area contributed by atoms with E-state index in [2.05, 4.69) is 0 Å². The second-order valence-corrected chi connectivity index (χ2v) is 1.32. The van der Waals surface area contributed by atoms with Crippen molar-refractivity contribution >= 4 is 0 Å². The summed E-state index contributed by atoms with van der Waals surface area (Å²) in [5, 5.41) is 7.00. The molecule has 1 rings (SSSR count). The van der Waals surface area contributed by atoms with E-state index >= 15 is 0 Å². The molecule has 0 unspecified atom stereocenters. The van der Waals surface area contributed by atoms with E-state index in [0.717, 1.165) is 20.3 Å². The van der Waals surface area contributed by atoms with Crippen molar-refractivity contribution in [1.82, 2.24) is 0 Å². The zero-order valence-electron chi connectivity index (χ0n) is 6.13. The summed E-state index contributed by atoms with van der Waals surface area (Å²) >= 11 is 0. The molecule has 9 heavy (non-hydrogen) atoms. The first-order chi connectivity index (χ1) is 3.50. The Morgan fingerprint density at radius 2 is 1.44 bits per heavy atom. The van der Waals surface area contributed by atoms with E-state index in [0.29, 0.717) is 0 Å². The van der Waals surface area contributed by atoms with E-state index < -0.39 is 0 Å². The smallest absolute Gasteiger partial charge is 0.870 e. The Balaban J connectivity index is -0.0000000836. The van der Waals surface area contributed by atoms with E-state index in [1.807, 2.05) is 0 Å². The summed E-state index contributed by atoms with van der Waals surface area (Å²) in [5.41, 5.74) is 0. The SMILES string of the molecule is C1CCOC1.CO.[Na+].[OH-]. The summed E-state index contributed by atoms with van der Waals surface area (Å²) in [7, 11) is 1.00. The van der Waals surface area contributed by atoms with Crippen LogP contribution >= 0.6 is 0 Å². The molecule has 1 heterocycles. The van der Waals surface area contributed by atoms with Crippen molar-refractivity contribution in [3.63, 3.8) is 0 Å². The van der Waals surface area contributed by atoms with Gasteiger partial charge in [0, 0.05) is 20.3 Å². The summed E-state index contributed by atoms with van der Waals surface area (Å²) in [6.45, 7) is 2.00. The second-order valence-electron chi connectivity index (χ2n) is 1.32. The van der Waals surface area contributed by atoms with Gasteiger partial charge in [0.2, 0.25) is 0 Å². The monoisotopic (exact) mass is 144 g/mol. The molecule has 4 heteroatoms. The summed E-state index contributed by atoms with van der Waals surface area (Å²) in [5.74, 6) is 0. The van der Waals surface area contributed by atoms with Gasteiger partial charge in [-0.15, -0.1) is 0 Å². The van der Waals surface area contributed by atoms with Gasteiger partial charge in [-0.05, 0) is 12.8 Å². The fourth-order valence-electron chi connectivity index (χ4n) is 0.510. The largest absolute Gasteiger partial charge is 1.00 e. The molecule has 0 aromatic rings. The van der Waals surface area contributed by atoms with Crippen LogP contribution in [-0.2, 0) is 4.74 Å². The molecule has 1 aliphatic heterocycles. The molecule has 0 atom stereocenters. The van der Waals surface area contributed by atoms with Gasteiger partial charge in [-0.1, -0.05) is 0 Å². The normalized spacial score (nSPS) is 14.0. The summed E-state index contributed by atoms with van der Waals surface area (Å²) < 4.78 is 4.94. The topological polar surface area (TPSA) is 59.5 Å². The van der Waals surface area contributed by atoms with Crippen LogP contribution in [0.1, 0.15) is 12.8 Å². The molecule has 0 spiro atoms. The third-order valence-corrected chi connectivity index (χ3v) is 0.827. The molecule has 52 valence electrons. The minimum Gasteiger partial charge on any atom is -0.870 e. The van der Waals surface area contributed by atoms with Crippen LogP contribution in [0.2, 0.25) is 0 Å². The number of rotatable bonds is 0. The van der Waals surface area contributed by atoms with Crippen molar-refractivity contribution in [3.8, 4) is 0 Å². The van der Waals surface area contributed by atoms with E-state index in [4.69, 9.17) is 9.84 Å². The summed E-state index contributed by atoms with van der Waals surface area (Å²) in [6.07, 6.45) is 2.56. The van der Waals surface area contributed by atoms with Crippen LogP contribution in [0, 0.1) is 0 Å². The second kappa shape index (κ2) is 15.9. The van der Waals surface area contributed by atoms with Crippen molar-refractivity contribution in [2.75, 3.05) is 20.3 Å². The van der Waals surface area contributed by atoms with Gasteiger partial charge in [0.25, 0.3) is 0 Å². The van der Waals surface area contributed by atoms with Crippen LogP contribution in [0.5, 0.6) is 0 Å². The van der Waals surface area contributed by atoms with Crippen LogP contribution in [0.25, 0.3) is 0 Å². The zero-order chi connectivity index (χ0) is 5.54. The van der Waals surface area contributed by atoms with E-state index in [-0.39, 0.29) is 35.0 Å². The molecule has 2 N–H and O–H groups in total. The Kier molecular flexibility index (Phi) is 29.2. The average molecular weight is 144 g/mol. The van der Waals surface area contributed by atoms with Crippen molar-refractivity contribution in [3.05, 3.63) is 0 Å². The minimum absolute atomic E-state index is 0. The molecule has 0 amide bonds. The van der Waals surface area contributed by atoms with Crippen LogP contribution in [-0.4, -0.2) is 30.9 Å². The van der Waals surface area contributed by atoms with Gasteiger partial charge in [0.15, 0.2) is 0 Å². The number of aliphatic hydroxyl groups excluding tert-OH is 1. The van der Waals surface area contributed by atoms with Gasteiger partial charge in [-0.2, -0.15) is 0 Å². The molecule has 1 saturated heterocycles. The molecule has 0 aromatic heterocycles. The molecule has 0 radical (unpaired) electrons. The maximum absolute atomic E-state index is 7.00. The molecule has 0 saturated carbocycles. The predicted octanol–water partition coefficient (Wildman–Crippen LogP) is -2.77. The average Bonchev–Trinajstić information content (AvgIpc) is 2.23. The van der Waals surface area contributed by atoms with Gasteiger partial charge in [0.05, 0.1) is 0 Å². The number of hydrogen-bond acceptors (Lipinski definition) is 3. The van der Waals surface area contributed by atoms with E-state index in [9.17, 15) is 0 Å². The zero-order valence-corrected chi connectivity index (χ0v) is 8.13. The molecule has 0 aliphatic carbocycles. The Hall–Kier alpha value is 0.880. The number of hydrogen-bond donors (Lipinski definition) is 1. The molecule has 1 aliphatic rings. The third kappa shape index (κ3) is 12.2. The molecule has 0 bridgehead atoms. The van der Waals surface area contributed by atoms with Crippen molar-refractivity contribution < 1.29 is 44.9 Å². The fraction of sp³-hybridized carbons (Fsp3) is 1.00. The molecule has 1 fully saturated rings. The van der Waals surface area contributed by atoms with Crippen LogP contribution in [0.4, 0.5) is 0 Å². The van der Waals surface area contributed by atoms with Crippen molar-refractivity contribution in [1.29, 1.82) is 0 Å². The van der Waals surface area contributed by atoms with Gasteiger partial charge in [-0.3, -0.25) is 0 Å². The first kappa shape index (κ1) is 16.5. The molecular weight excluding hydrogens is 131 g/mol.